The lowest BCUT2D eigenvalue weighted by molar-refractivity contribution is 0.792. The van der Waals surface area contributed by atoms with Crippen LogP contribution in [0.4, 0.5) is 17.1 Å². The van der Waals surface area contributed by atoms with E-state index in [1.54, 1.807) is 0 Å². The fraction of sp³-hybridized carbons (Fsp3) is 0.0270. The first-order valence-electron chi connectivity index (χ1n) is 26.2. The summed E-state index contributed by atoms with van der Waals surface area (Å²) in [6.45, 7) is 0. The molecule has 0 radical (unpaired) electrons. The van der Waals surface area contributed by atoms with E-state index in [2.05, 4.69) is 290 Å². The molecule has 16 rings (SSSR count). The largest absolute Gasteiger partial charge is 0.310 e. The maximum absolute atomic E-state index is 2.52. The fourth-order valence-corrected chi connectivity index (χ4v) is 14.1. The highest BCUT2D eigenvalue weighted by Crippen LogP contribution is 2.65. The van der Waals surface area contributed by atoms with Crippen LogP contribution in [0.25, 0.3) is 77.9 Å². The van der Waals surface area contributed by atoms with E-state index >= 15 is 0 Å². The molecule has 0 amide bonds. The van der Waals surface area contributed by atoms with Gasteiger partial charge in [0.05, 0.1) is 10.8 Å². The summed E-state index contributed by atoms with van der Waals surface area (Å²) in [5, 5.41) is 0. The minimum absolute atomic E-state index is 0.480. The molecule has 1 nitrogen and oxygen atoms in total. The topological polar surface area (TPSA) is 3.24 Å². The molecule has 0 saturated carbocycles. The van der Waals surface area contributed by atoms with Crippen LogP contribution in [-0.2, 0) is 10.8 Å². The first-order valence-corrected chi connectivity index (χ1v) is 26.2. The summed E-state index contributed by atoms with van der Waals surface area (Å²) in [4.78, 5) is 2.52. The van der Waals surface area contributed by atoms with Gasteiger partial charge in [0.2, 0.25) is 0 Å². The number of fused-ring (bicyclic) bond motifs is 20. The predicted octanol–water partition coefficient (Wildman–Crippen LogP) is 18.8. The minimum Gasteiger partial charge on any atom is -0.310 e. The monoisotopic (exact) mass is 949 g/mol. The van der Waals surface area contributed by atoms with Crippen LogP contribution in [0, 0.1) is 0 Å². The second-order valence-corrected chi connectivity index (χ2v) is 20.6. The van der Waals surface area contributed by atoms with Crippen molar-refractivity contribution in [3.8, 4) is 77.9 Å². The van der Waals surface area contributed by atoms with Crippen molar-refractivity contribution in [3.05, 3.63) is 330 Å². The van der Waals surface area contributed by atoms with Gasteiger partial charge in [0.1, 0.15) is 0 Å². The van der Waals surface area contributed by atoms with Gasteiger partial charge in [-0.15, -0.1) is 0 Å². The zero-order valence-corrected chi connectivity index (χ0v) is 41.1. The third-order valence-electron chi connectivity index (χ3n) is 17.1. The van der Waals surface area contributed by atoms with Crippen molar-refractivity contribution >= 4 is 17.1 Å². The molecule has 4 aliphatic rings. The zero-order valence-electron chi connectivity index (χ0n) is 41.1. The highest BCUT2D eigenvalue weighted by atomic mass is 15.1. The SMILES string of the molecule is c1ccc(-c2cc(-c3ccccc3)cc(-c3ccc(N(c4ccc5c(c4)C4(c6ccccc6-c6ccccc64)c4ccccc4-5)c4ccc5c(c4)C4(c6ccccc6-c6ccccc64)c4ccccc4-5)cc3)c2)cc1. The van der Waals surface area contributed by atoms with Crippen LogP contribution in [-0.4, -0.2) is 0 Å². The van der Waals surface area contributed by atoms with Crippen molar-refractivity contribution in [2.45, 2.75) is 10.8 Å². The average molecular weight is 950 g/mol. The molecule has 0 aromatic heterocycles. The summed E-state index contributed by atoms with van der Waals surface area (Å²) in [6.07, 6.45) is 0. The van der Waals surface area contributed by atoms with E-state index in [-0.39, 0.29) is 0 Å². The van der Waals surface area contributed by atoms with Crippen molar-refractivity contribution in [3.63, 3.8) is 0 Å². The normalized spacial score (nSPS) is 13.8. The zero-order chi connectivity index (χ0) is 49.2. The molecule has 0 saturated heterocycles. The van der Waals surface area contributed by atoms with Crippen LogP contribution >= 0.6 is 0 Å². The van der Waals surface area contributed by atoms with Gasteiger partial charge in [0.25, 0.3) is 0 Å². The van der Waals surface area contributed by atoms with Crippen LogP contribution < -0.4 is 4.90 Å². The number of benzene rings is 12. The van der Waals surface area contributed by atoms with Crippen LogP contribution in [0.15, 0.2) is 285 Å². The van der Waals surface area contributed by atoms with Gasteiger partial charge in [0, 0.05) is 17.1 Å². The van der Waals surface area contributed by atoms with E-state index in [0.717, 1.165) is 17.1 Å². The molecule has 2 spiro atoms. The third kappa shape index (κ3) is 5.78. The van der Waals surface area contributed by atoms with Crippen LogP contribution in [0.2, 0.25) is 0 Å². The van der Waals surface area contributed by atoms with Gasteiger partial charge in [-0.1, -0.05) is 231 Å². The average Bonchev–Trinajstić information content (AvgIpc) is 4.17. The molecule has 0 N–H and O–H groups in total. The summed E-state index contributed by atoms with van der Waals surface area (Å²) in [7, 11) is 0. The summed E-state index contributed by atoms with van der Waals surface area (Å²) in [6, 6.07) is 107. The molecule has 1 heteroatoms. The summed E-state index contributed by atoms with van der Waals surface area (Å²) in [5.41, 5.74) is 30.6. The van der Waals surface area contributed by atoms with Crippen LogP contribution in [0.3, 0.4) is 0 Å². The Morgan fingerprint density at radius 1 is 0.173 bits per heavy atom. The Morgan fingerprint density at radius 2 is 0.427 bits per heavy atom. The maximum Gasteiger partial charge on any atom is 0.0726 e. The Bertz CT molecular complexity index is 3920. The molecular formula is C74H47N. The molecule has 0 heterocycles. The number of anilines is 3. The van der Waals surface area contributed by atoms with E-state index in [4.69, 9.17) is 0 Å². The van der Waals surface area contributed by atoms with Crippen molar-refractivity contribution < 1.29 is 0 Å². The summed E-state index contributed by atoms with van der Waals surface area (Å²) < 4.78 is 0. The standard InChI is InChI=1S/C74H47N/c1-3-19-48(20-4-1)51-43-52(49-21-5-2-6-22-49)45-53(44-51)50-35-37-54(38-36-50)75(55-39-41-63-61-27-11-17-33-69(61)73(71(63)46-55)65-29-13-7-23-57(65)58-24-8-14-30-66(58)73)56-40-42-64-62-28-12-18-34-70(62)74(72(64)47-56)67-31-15-9-25-59(67)60-26-10-16-32-68(60)74/h1-47H. The van der Waals surface area contributed by atoms with E-state index in [1.807, 2.05) is 0 Å². The van der Waals surface area contributed by atoms with Crippen molar-refractivity contribution in [2.75, 3.05) is 4.90 Å². The molecule has 0 atom stereocenters. The van der Waals surface area contributed by atoms with Gasteiger partial charge in [-0.2, -0.15) is 0 Å². The Balaban J connectivity index is 0.929. The molecule has 0 unspecified atom stereocenters. The molecule has 348 valence electrons. The molecule has 0 aliphatic heterocycles. The maximum atomic E-state index is 2.52. The molecular weight excluding hydrogens is 903 g/mol. The molecule has 0 bridgehead atoms. The van der Waals surface area contributed by atoms with Gasteiger partial charge in [-0.25, -0.2) is 0 Å². The van der Waals surface area contributed by atoms with Crippen LogP contribution in [0.5, 0.6) is 0 Å². The van der Waals surface area contributed by atoms with E-state index in [1.165, 1.54) is 122 Å². The van der Waals surface area contributed by atoms with E-state index in [9.17, 15) is 0 Å². The van der Waals surface area contributed by atoms with Gasteiger partial charge in [-0.05, 0) is 177 Å². The molecule has 12 aromatic rings. The molecule has 75 heavy (non-hydrogen) atoms. The number of hydrogen-bond donors (Lipinski definition) is 0. The lowest BCUT2D eigenvalue weighted by atomic mass is 9.70. The van der Waals surface area contributed by atoms with E-state index in [0.29, 0.717) is 0 Å². The molecule has 0 fully saturated rings. The van der Waals surface area contributed by atoms with Gasteiger partial charge in [-0.3, -0.25) is 0 Å². The first kappa shape index (κ1) is 42.0. The Labute approximate surface area is 438 Å². The van der Waals surface area contributed by atoms with Gasteiger partial charge >= 0.3 is 0 Å². The van der Waals surface area contributed by atoms with Crippen LogP contribution in [0.1, 0.15) is 44.5 Å². The Hall–Kier alpha value is -9.56. The third-order valence-corrected chi connectivity index (χ3v) is 17.1. The Kier molecular flexibility index (Phi) is 8.94. The fourth-order valence-electron chi connectivity index (χ4n) is 14.1. The second kappa shape index (κ2) is 16.0. The number of rotatable bonds is 6. The molecule has 4 aliphatic carbocycles. The first-order chi connectivity index (χ1) is 37.2. The lowest BCUT2D eigenvalue weighted by Gasteiger charge is -2.33. The van der Waals surface area contributed by atoms with E-state index < -0.39 is 10.8 Å². The van der Waals surface area contributed by atoms with Gasteiger partial charge in [0.15, 0.2) is 0 Å². The Morgan fingerprint density at radius 3 is 0.747 bits per heavy atom. The number of nitrogens with zero attached hydrogens (tertiary/aromatic N) is 1. The van der Waals surface area contributed by atoms with Crippen molar-refractivity contribution in [1.82, 2.24) is 0 Å². The quantitative estimate of drug-likeness (QED) is 0.161. The van der Waals surface area contributed by atoms with Crippen molar-refractivity contribution in [1.29, 1.82) is 0 Å². The highest BCUT2D eigenvalue weighted by Gasteiger charge is 2.53. The smallest absolute Gasteiger partial charge is 0.0726 e. The van der Waals surface area contributed by atoms with Gasteiger partial charge < -0.3 is 4.90 Å². The summed E-state index contributed by atoms with van der Waals surface area (Å²) in [5.74, 6) is 0. The predicted molar refractivity (Wildman–Crippen MR) is 310 cm³/mol. The second-order valence-electron chi connectivity index (χ2n) is 20.6. The number of hydrogen-bond acceptors (Lipinski definition) is 1. The minimum atomic E-state index is -0.480. The van der Waals surface area contributed by atoms with Crippen molar-refractivity contribution in [2.24, 2.45) is 0 Å². The molecule has 12 aromatic carbocycles. The lowest BCUT2D eigenvalue weighted by Crippen LogP contribution is -2.26. The summed E-state index contributed by atoms with van der Waals surface area (Å²) >= 11 is 0. The highest BCUT2D eigenvalue weighted by molar-refractivity contribution is 5.99.